The highest BCUT2D eigenvalue weighted by atomic mass is 79.9. The molecular weight excluding hydrogens is 395 g/mol. The molecule has 0 radical (unpaired) electrons. The average molecular weight is 408 g/mol. The first-order chi connectivity index (χ1) is 11.5. The van der Waals surface area contributed by atoms with Crippen LogP contribution in [0.5, 0.6) is 0 Å². The fourth-order valence-electron chi connectivity index (χ4n) is 3.17. The molecule has 0 saturated carbocycles. The largest absolute Gasteiger partial charge is 0.348 e. The fraction of sp³-hybridized carbons (Fsp3) is 0.235. The van der Waals surface area contributed by atoms with E-state index in [-0.39, 0.29) is 17.1 Å². The van der Waals surface area contributed by atoms with E-state index in [4.69, 9.17) is 11.6 Å². The topological polar surface area (TPSA) is 41.9 Å². The molecule has 1 aromatic carbocycles. The maximum atomic E-state index is 14.2. The van der Waals surface area contributed by atoms with Gasteiger partial charge in [0.1, 0.15) is 11.6 Å². The van der Waals surface area contributed by atoms with Gasteiger partial charge in [0.25, 0.3) is 0 Å². The molecule has 0 saturated heterocycles. The summed E-state index contributed by atoms with van der Waals surface area (Å²) in [6.45, 7) is 2.53. The number of hydrogen-bond acceptors (Lipinski definition) is 4. The van der Waals surface area contributed by atoms with Gasteiger partial charge in [-0.05, 0) is 48.7 Å². The van der Waals surface area contributed by atoms with Crippen molar-refractivity contribution >= 4 is 44.3 Å². The van der Waals surface area contributed by atoms with E-state index in [9.17, 15) is 4.39 Å². The van der Waals surface area contributed by atoms with Gasteiger partial charge in [-0.25, -0.2) is 9.37 Å². The lowest BCUT2D eigenvalue weighted by Gasteiger charge is -2.36. The van der Waals surface area contributed by atoms with E-state index < -0.39 is 0 Å². The first-order valence-corrected chi connectivity index (χ1v) is 8.70. The minimum Gasteiger partial charge on any atom is -0.348 e. The summed E-state index contributed by atoms with van der Waals surface area (Å²) in [7, 11) is 0. The van der Waals surface area contributed by atoms with E-state index in [1.165, 1.54) is 6.20 Å². The predicted octanol–water partition coefficient (Wildman–Crippen LogP) is 4.53. The zero-order valence-corrected chi connectivity index (χ0v) is 15.1. The van der Waals surface area contributed by atoms with Gasteiger partial charge in [-0.2, -0.15) is 4.98 Å². The quantitative estimate of drug-likeness (QED) is 0.556. The van der Waals surface area contributed by atoms with Crippen LogP contribution in [0.3, 0.4) is 0 Å². The average Bonchev–Trinajstić information content (AvgIpc) is 2.53. The maximum absolute atomic E-state index is 14.2. The zero-order valence-electron chi connectivity index (χ0n) is 12.8. The van der Waals surface area contributed by atoms with E-state index in [0.29, 0.717) is 18.5 Å². The van der Waals surface area contributed by atoms with Crippen LogP contribution in [0.4, 0.5) is 10.2 Å². The molecular formula is C17H13BrClFN4. The van der Waals surface area contributed by atoms with Crippen LogP contribution < -0.4 is 4.90 Å². The van der Waals surface area contributed by atoms with E-state index in [0.717, 1.165) is 26.8 Å². The molecule has 4 rings (SSSR count). The lowest BCUT2D eigenvalue weighted by Crippen LogP contribution is -2.39. The van der Waals surface area contributed by atoms with E-state index in [1.54, 1.807) is 6.20 Å². The predicted molar refractivity (Wildman–Crippen MR) is 95.8 cm³/mol. The van der Waals surface area contributed by atoms with Gasteiger partial charge in [0, 0.05) is 34.2 Å². The second-order valence-electron chi connectivity index (χ2n) is 5.92. The molecule has 4 nitrogen and oxygen atoms in total. The Hall–Kier alpha value is -1.79. The Labute approximate surface area is 151 Å². The molecule has 1 atom stereocenters. The number of fused-ring (bicyclic) bond motifs is 2. The number of nitrogens with zero attached hydrogens (tertiary/aromatic N) is 4. The van der Waals surface area contributed by atoms with Gasteiger partial charge in [0.15, 0.2) is 0 Å². The Morgan fingerprint density at radius 3 is 2.96 bits per heavy atom. The van der Waals surface area contributed by atoms with Gasteiger partial charge in [-0.15, -0.1) is 0 Å². The summed E-state index contributed by atoms with van der Waals surface area (Å²) >= 11 is 9.57. The first-order valence-electron chi connectivity index (χ1n) is 7.53. The third kappa shape index (κ3) is 2.63. The molecule has 1 aliphatic heterocycles. The molecule has 0 amide bonds. The fourth-order valence-corrected chi connectivity index (χ4v) is 3.69. The number of aromatic nitrogens is 3. The SMILES string of the molecule is C[C@@H]1Cc2cncc(F)c2CN1c1nc(Cl)nc2cc(Br)ccc12. The third-order valence-electron chi connectivity index (χ3n) is 4.35. The molecule has 7 heteroatoms. The summed E-state index contributed by atoms with van der Waals surface area (Å²) in [5.74, 6) is 0.448. The molecule has 1 aliphatic rings. The third-order valence-corrected chi connectivity index (χ3v) is 5.02. The molecule has 24 heavy (non-hydrogen) atoms. The van der Waals surface area contributed by atoms with Crippen molar-refractivity contribution in [1.29, 1.82) is 0 Å². The zero-order chi connectivity index (χ0) is 16.8. The monoisotopic (exact) mass is 406 g/mol. The standard InChI is InChI=1S/C17H13BrClFN4/c1-9-4-10-6-21-7-14(20)13(10)8-24(9)16-12-3-2-11(18)5-15(12)22-17(19)23-16/h2-3,5-7,9H,4,8H2,1H3/t9-/m1/s1. The van der Waals surface area contributed by atoms with Crippen molar-refractivity contribution in [2.24, 2.45) is 0 Å². The Kier molecular flexibility index (Phi) is 3.89. The molecule has 0 bridgehead atoms. The highest BCUT2D eigenvalue weighted by Crippen LogP contribution is 2.33. The van der Waals surface area contributed by atoms with Crippen molar-refractivity contribution in [2.45, 2.75) is 25.9 Å². The van der Waals surface area contributed by atoms with Crippen molar-refractivity contribution in [3.63, 3.8) is 0 Å². The molecule has 122 valence electrons. The van der Waals surface area contributed by atoms with Gasteiger partial charge in [0.05, 0.1) is 11.7 Å². The second-order valence-corrected chi connectivity index (χ2v) is 7.17. The number of rotatable bonds is 1. The maximum Gasteiger partial charge on any atom is 0.224 e. The van der Waals surface area contributed by atoms with Crippen molar-refractivity contribution < 1.29 is 4.39 Å². The Bertz CT molecular complexity index is 944. The van der Waals surface area contributed by atoms with Gasteiger partial charge in [0.2, 0.25) is 5.28 Å². The molecule has 0 N–H and O–H groups in total. The summed E-state index contributed by atoms with van der Waals surface area (Å²) < 4.78 is 15.1. The smallest absolute Gasteiger partial charge is 0.224 e. The van der Waals surface area contributed by atoms with E-state index >= 15 is 0 Å². The second kappa shape index (κ2) is 5.93. The minimum absolute atomic E-state index is 0.152. The number of pyridine rings is 1. The van der Waals surface area contributed by atoms with Crippen LogP contribution in [-0.2, 0) is 13.0 Å². The minimum atomic E-state index is -0.281. The molecule has 2 aromatic heterocycles. The number of anilines is 1. The summed E-state index contributed by atoms with van der Waals surface area (Å²) in [6.07, 6.45) is 3.71. The van der Waals surface area contributed by atoms with Gasteiger partial charge >= 0.3 is 0 Å². The number of benzene rings is 1. The molecule has 3 aromatic rings. The van der Waals surface area contributed by atoms with Crippen LogP contribution in [0.15, 0.2) is 35.1 Å². The Morgan fingerprint density at radius 1 is 1.29 bits per heavy atom. The molecule has 0 spiro atoms. The van der Waals surface area contributed by atoms with Crippen LogP contribution in [0, 0.1) is 5.82 Å². The van der Waals surface area contributed by atoms with Crippen molar-refractivity contribution in [2.75, 3.05) is 4.90 Å². The van der Waals surface area contributed by atoms with Gasteiger partial charge < -0.3 is 4.90 Å². The highest BCUT2D eigenvalue weighted by Gasteiger charge is 2.28. The van der Waals surface area contributed by atoms with E-state index in [2.05, 4.69) is 42.7 Å². The summed E-state index contributed by atoms with van der Waals surface area (Å²) in [5.41, 5.74) is 2.38. The van der Waals surface area contributed by atoms with Crippen LogP contribution in [-0.4, -0.2) is 21.0 Å². The summed E-state index contributed by atoms with van der Waals surface area (Å²) in [5, 5.41) is 1.08. The highest BCUT2D eigenvalue weighted by molar-refractivity contribution is 9.10. The number of hydrogen-bond donors (Lipinski definition) is 0. The molecule has 0 aliphatic carbocycles. The van der Waals surface area contributed by atoms with Gasteiger partial charge in [-0.3, -0.25) is 4.98 Å². The lowest BCUT2D eigenvalue weighted by atomic mass is 9.96. The van der Waals surface area contributed by atoms with Crippen molar-refractivity contribution in [3.05, 3.63) is 57.3 Å². The van der Waals surface area contributed by atoms with Gasteiger partial charge in [-0.1, -0.05) is 15.9 Å². The van der Waals surface area contributed by atoms with Crippen LogP contribution in [0.25, 0.3) is 10.9 Å². The van der Waals surface area contributed by atoms with Crippen molar-refractivity contribution in [3.8, 4) is 0 Å². The molecule has 3 heterocycles. The van der Waals surface area contributed by atoms with E-state index in [1.807, 2.05) is 18.2 Å². The normalized spacial score (nSPS) is 17.2. The lowest BCUT2D eigenvalue weighted by molar-refractivity contribution is 0.539. The number of halogens is 3. The molecule has 0 unspecified atom stereocenters. The summed E-state index contributed by atoms with van der Waals surface area (Å²) in [4.78, 5) is 14.8. The van der Waals surface area contributed by atoms with Crippen LogP contribution in [0.1, 0.15) is 18.1 Å². The molecule has 0 fully saturated rings. The Morgan fingerprint density at radius 2 is 2.12 bits per heavy atom. The van der Waals surface area contributed by atoms with Crippen molar-refractivity contribution in [1.82, 2.24) is 15.0 Å². The van der Waals surface area contributed by atoms with Crippen LogP contribution >= 0.6 is 27.5 Å². The summed E-state index contributed by atoms with van der Waals surface area (Å²) in [6, 6.07) is 5.95. The first kappa shape index (κ1) is 15.7. The van der Waals surface area contributed by atoms with Crippen LogP contribution in [0.2, 0.25) is 5.28 Å². The Balaban J connectivity index is 1.87.